The van der Waals surface area contributed by atoms with E-state index in [0.717, 1.165) is 11.1 Å². The van der Waals surface area contributed by atoms with Crippen LogP contribution in [-0.2, 0) is 21.4 Å². The van der Waals surface area contributed by atoms with E-state index in [9.17, 15) is 13.2 Å². The number of sulfonamides is 1. The lowest BCUT2D eigenvalue weighted by Gasteiger charge is -2.09. The number of benzene rings is 1. The second kappa shape index (κ2) is 8.81. The molecule has 0 aliphatic rings. The van der Waals surface area contributed by atoms with Gasteiger partial charge in [0, 0.05) is 31.3 Å². The summed E-state index contributed by atoms with van der Waals surface area (Å²) in [6, 6.07) is 13.8. The van der Waals surface area contributed by atoms with E-state index in [1.54, 1.807) is 42.8 Å². The van der Waals surface area contributed by atoms with Crippen LogP contribution in [0.3, 0.4) is 0 Å². The standard InChI is InChI=1S/C20H21N3O4S/c1-15-5-2-7-17(13-15)28(25,26)23-11-9-19(24)22-14-16-6-3-10-21-20(16)18-8-4-12-27-18/h2-8,10,12-13,23H,9,11,14H2,1H3,(H,22,24). The van der Waals surface area contributed by atoms with E-state index < -0.39 is 10.0 Å². The molecule has 0 saturated carbocycles. The first kappa shape index (κ1) is 19.8. The normalized spacial score (nSPS) is 11.3. The quantitative estimate of drug-likeness (QED) is 0.606. The zero-order valence-corrected chi connectivity index (χ0v) is 16.2. The van der Waals surface area contributed by atoms with Crippen LogP contribution >= 0.6 is 0 Å². The number of carbonyl (C=O) groups is 1. The zero-order chi connectivity index (χ0) is 20.0. The van der Waals surface area contributed by atoms with Crippen LogP contribution in [0, 0.1) is 6.92 Å². The van der Waals surface area contributed by atoms with Gasteiger partial charge in [0.25, 0.3) is 0 Å². The highest BCUT2D eigenvalue weighted by Crippen LogP contribution is 2.21. The lowest BCUT2D eigenvalue weighted by molar-refractivity contribution is -0.121. The smallest absolute Gasteiger partial charge is 0.240 e. The predicted octanol–water partition coefficient (Wildman–Crippen LogP) is 2.63. The van der Waals surface area contributed by atoms with Crippen molar-refractivity contribution in [3.63, 3.8) is 0 Å². The Labute approximate surface area is 163 Å². The van der Waals surface area contributed by atoms with Crippen LogP contribution < -0.4 is 10.0 Å². The summed E-state index contributed by atoms with van der Waals surface area (Å²) >= 11 is 0. The molecule has 0 saturated heterocycles. The van der Waals surface area contributed by atoms with Crippen molar-refractivity contribution >= 4 is 15.9 Å². The second-order valence-corrected chi connectivity index (χ2v) is 8.00. The van der Waals surface area contributed by atoms with E-state index in [-0.39, 0.29) is 30.3 Å². The molecule has 2 N–H and O–H groups in total. The highest BCUT2D eigenvalue weighted by atomic mass is 32.2. The van der Waals surface area contributed by atoms with E-state index >= 15 is 0 Å². The lowest BCUT2D eigenvalue weighted by atomic mass is 10.1. The molecule has 28 heavy (non-hydrogen) atoms. The van der Waals surface area contributed by atoms with Crippen LogP contribution in [0.25, 0.3) is 11.5 Å². The minimum absolute atomic E-state index is 0.0141. The third kappa shape index (κ3) is 5.05. The van der Waals surface area contributed by atoms with Crippen LogP contribution in [0.4, 0.5) is 0 Å². The molecule has 7 nitrogen and oxygen atoms in total. The molecule has 1 aromatic carbocycles. The number of pyridine rings is 1. The predicted molar refractivity (Wildman–Crippen MR) is 105 cm³/mol. The highest BCUT2D eigenvalue weighted by molar-refractivity contribution is 7.89. The van der Waals surface area contributed by atoms with Gasteiger partial charge in [0.2, 0.25) is 15.9 Å². The number of nitrogens with zero attached hydrogens (tertiary/aromatic N) is 1. The number of furan rings is 1. The number of amides is 1. The maximum atomic E-state index is 12.3. The number of rotatable bonds is 8. The van der Waals surface area contributed by atoms with Crippen molar-refractivity contribution in [2.45, 2.75) is 24.8 Å². The van der Waals surface area contributed by atoms with Crippen LogP contribution in [0.2, 0.25) is 0 Å². The van der Waals surface area contributed by atoms with Gasteiger partial charge in [0.1, 0.15) is 5.69 Å². The molecule has 3 aromatic rings. The summed E-state index contributed by atoms with van der Waals surface area (Å²) in [6.45, 7) is 2.11. The summed E-state index contributed by atoms with van der Waals surface area (Å²) in [5, 5.41) is 2.78. The summed E-state index contributed by atoms with van der Waals surface area (Å²) < 4.78 is 32.3. The molecule has 0 spiro atoms. The SMILES string of the molecule is Cc1cccc(S(=O)(=O)NCCC(=O)NCc2cccnc2-c2ccco2)c1. The van der Waals surface area contributed by atoms with Crippen LogP contribution in [0.15, 0.2) is 70.3 Å². The van der Waals surface area contributed by atoms with E-state index in [1.165, 1.54) is 6.07 Å². The van der Waals surface area contributed by atoms with Crippen molar-refractivity contribution in [1.82, 2.24) is 15.0 Å². The van der Waals surface area contributed by atoms with Gasteiger partial charge in [-0.25, -0.2) is 13.1 Å². The molecule has 0 aliphatic heterocycles. The Kier molecular flexibility index (Phi) is 6.23. The van der Waals surface area contributed by atoms with Gasteiger partial charge in [-0.15, -0.1) is 0 Å². The maximum Gasteiger partial charge on any atom is 0.240 e. The summed E-state index contributed by atoms with van der Waals surface area (Å²) in [6.07, 6.45) is 3.25. The average molecular weight is 399 g/mol. The largest absolute Gasteiger partial charge is 0.463 e. The molecule has 1 amide bonds. The first-order valence-electron chi connectivity index (χ1n) is 8.76. The molecule has 2 aromatic heterocycles. The van der Waals surface area contributed by atoms with E-state index in [2.05, 4.69) is 15.0 Å². The van der Waals surface area contributed by atoms with Gasteiger partial charge in [0.15, 0.2) is 5.76 Å². The van der Waals surface area contributed by atoms with Gasteiger partial charge in [-0.3, -0.25) is 9.78 Å². The fourth-order valence-electron chi connectivity index (χ4n) is 2.66. The molecule has 0 unspecified atom stereocenters. The maximum absolute atomic E-state index is 12.3. The van der Waals surface area contributed by atoms with E-state index in [0.29, 0.717) is 11.5 Å². The van der Waals surface area contributed by atoms with Crippen molar-refractivity contribution in [3.05, 3.63) is 72.1 Å². The number of aromatic nitrogens is 1. The second-order valence-electron chi connectivity index (χ2n) is 6.23. The highest BCUT2D eigenvalue weighted by Gasteiger charge is 2.14. The molecule has 146 valence electrons. The minimum Gasteiger partial charge on any atom is -0.463 e. The van der Waals surface area contributed by atoms with Crippen molar-refractivity contribution in [2.24, 2.45) is 0 Å². The molecule has 2 heterocycles. The lowest BCUT2D eigenvalue weighted by Crippen LogP contribution is -2.30. The van der Waals surface area contributed by atoms with Crippen molar-refractivity contribution < 1.29 is 17.6 Å². The van der Waals surface area contributed by atoms with Crippen molar-refractivity contribution in [2.75, 3.05) is 6.54 Å². The Bertz CT molecular complexity index is 1050. The van der Waals surface area contributed by atoms with Gasteiger partial charge >= 0.3 is 0 Å². The number of aryl methyl sites for hydroxylation is 1. The van der Waals surface area contributed by atoms with Gasteiger partial charge in [0.05, 0.1) is 11.2 Å². The van der Waals surface area contributed by atoms with Gasteiger partial charge in [-0.05, 0) is 42.8 Å². The zero-order valence-electron chi connectivity index (χ0n) is 15.4. The number of hydrogen-bond acceptors (Lipinski definition) is 5. The molecular weight excluding hydrogens is 378 g/mol. The first-order chi connectivity index (χ1) is 13.5. The molecule has 0 radical (unpaired) electrons. The number of carbonyl (C=O) groups excluding carboxylic acids is 1. The first-order valence-corrected chi connectivity index (χ1v) is 10.2. The van der Waals surface area contributed by atoms with Crippen LogP contribution in [-0.4, -0.2) is 25.9 Å². The van der Waals surface area contributed by atoms with Gasteiger partial charge < -0.3 is 9.73 Å². The van der Waals surface area contributed by atoms with Crippen LogP contribution in [0.1, 0.15) is 17.5 Å². The molecule has 0 atom stereocenters. The minimum atomic E-state index is -3.63. The fraction of sp³-hybridized carbons (Fsp3) is 0.200. The summed E-state index contributed by atoms with van der Waals surface area (Å²) in [4.78, 5) is 16.6. The summed E-state index contributed by atoms with van der Waals surface area (Å²) in [5.41, 5.74) is 2.32. The molecule has 0 aliphatic carbocycles. The average Bonchev–Trinajstić information content (AvgIpc) is 3.21. The van der Waals surface area contributed by atoms with Gasteiger partial charge in [-0.1, -0.05) is 18.2 Å². The van der Waals surface area contributed by atoms with Gasteiger partial charge in [-0.2, -0.15) is 0 Å². The van der Waals surface area contributed by atoms with Crippen molar-refractivity contribution in [3.8, 4) is 11.5 Å². The fourth-order valence-corrected chi connectivity index (χ4v) is 3.80. The molecule has 8 heteroatoms. The number of hydrogen-bond donors (Lipinski definition) is 2. The number of nitrogens with one attached hydrogen (secondary N) is 2. The summed E-state index contributed by atoms with van der Waals surface area (Å²) in [5.74, 6) is 0.358. The molecule has 3 rings (SSSR count). The monoisotopic (exact) mass is 399 g/mol. The molecule has 0 fully saturated rings. The molecule has 0 bridgehead atoms. The molecular formula is C20H21N3O4S. The van der Waals surface area contributed by atoms with E-state index in [4.69, 9.17) is 4.42 Å². The Morgan fingerprint density at radius 2 is 2.00 bits per heavy atom. The van der Waals surface area contributed by atoms with E-state index in [1.807, 2.05) is 19.1 Å². The Balaban J connectivity index is 1.52. The van der Waals surface area contributed by atoms with Crippen molar-refractivity contribution in [1.29, 1.82) is 0 Å². The third-order valence-corrected chi connectivity index (χ3v) is 5.52. The topological polar surface area (TPSA) is 101 Å². The summed E-state index contributed by atoms with van der Waals surface area (Å²) in [7, 11) is -3.63. The third-order valence-electron chi connectivity index (χ3n) is 4.07. The van der Waals surface area contributed by atoms with Crippen LogP contribution in [0.5, 0.6) is 0 Å². The Hall–Kier alpha value is -2.97. The Morgan fingerprint density at radius 1 is 1.14 bits per heavy atom. The Morgan fingerprint density at radius 3 is 2.75 bits per heavy atom.